The van der Waals surface area contributed by atoms with Gasteiger partial charge in [0.25, 0.3) is 5.91 Å². The van der Waals surface area contributed by atoms with E-state index in [-0.39, 0.29) is 24.4 Å². The van der Waals surface area contributed by atoms with Crippen LogP contribution in [-0.4, -0.2) is 58.9 Å². The molecule has 22 heavy (non-hydrogen) atoms. The number of nitrogens with zero attached hydrogens (tertiary/aromatic N) is 2. The van der Waals surface area contributed by atoms with Gasteiger partial charge < -0.3 is 16.0 Å². The summed E-state index contributed by atoms with van der Waals surface area (Å²) >= 11 is 0. The van der Waals surface area contributed by atoms with Gasteiger partial charge in [0.2, 0.25) is 5.91 Å². The van der Waals surface area contributed by atoms with Crippen molar-refractivity contribution in [2.45, 2.75) is 57.0 Å². The van der Waals surface area contributed by atoms with E-state index in [2.05, 4.69) is 5.32 Å². The average Bonchev–Trinajstić information content (AvgIpc) is 2.62. The van der Waals surface area contributed by atoms with Gasteiger partial charge in [0.05, 0.1) is 0 Å². The predicted molar refractivity (Wildman–Crippen MR) is 82.0 cm³/mol. The minimum Gasteiger partial charge on any atom is -0.353 e. The van der Waals surface area contributed by atoms with Crippen LogP contribution in [0.4, 0.5) is 4.79 Å². The van der Waals surface area contributed by atoms with Crippen molar-refractivity contribution in [1.82, 2.24) is 15.1 Å². The van der Waals surface area contributed by atoms with Crippen molar-refractivity contribution >= 4 is 17.8 Å². The molecule has 0 atom stereocenters. The maximum absolute atomic E-state index is 12.7. The number of rotatable bonds is 4. The fourth-order valence-electron chi connectivity index (χ4n) is 3.20. The van der Waals surface area contributed by atoms with Crippen molar-refractivity contribution in [1.29, 1.82) is 0 Å². The molecule has 1 aliphatic heterocycles. The molecule has 0 aromatic heterocycles. The summed E-state index contributed by atoms with van der Waals surface area (Å²) in [5, 5.41) is 2.67. The van der Waals surface area contributed by atoms with E-state index in [4.69, 9.17) is 5.73 Å². The summed E-state index contributed by atoms with van der Waals surface area (Å²) in [5.41, 5.74) is 4.54. The molecule has 1 saturated heterocycles. The number of urea groups is 1. The number of hydrogen-bond donors (Lipinski definition) is 2. The Balaban J connectivity index is 2.04. The molecule has 4 amide bonds. The molecule has 2 fully saturated rings. The van der Waals surface area contributed by atoms with Crippen LogP contribution in [0.25, 0.3) is 0 Å². The van der Waals surface area contributed by atoms with Crippen LogP contribution in [-0.2, 0) is 9.59 Å². The van der Waals surface area contributed by atoms with E-state index in [0.29, 0.717) is 19.4 Å². The van der Waals surface area contributed by atoms with Gasteiger partial charge in [0, 0.05) is 19.1 Å². The summed E-state index contributed by atoms with van der Waals surface area (Å²) in [6.07, 6.45) is 4.32. The molecule has 2 rings (SSSR count). The van der Waals surface area contributed by atoms with Gasteiger partial charge in [-0.2, -0.15) is 0 Å². The number of imide groups is 1. The Kier molecular flexibility index (Phi) is 4.47. The molecule has 0 unspecified atom stereocenters. The van der Waals surface area contributed by atoms with E-state index in [1.54, 1.807) is 20.9 Å². The fraction of sp³-hybridized carbons (Fsp3) is 0.800. The highest BCUT2D eigenvalue weighted by atomic mass is 16.2. The van der Waals surface area contributed by atoms with Gasteiger partial charge in [-0.3, -0.25) is 14.5 Å². The van der Waals surface area contributed by atoms with Gasteiger partial charge in [-0.15, -0.1) is 0 Å². The van der Waals surface area contributed by atoms with Crippen LogP contribution >= 0.6 is 0 Å². The van der Waals surface area contributed by atoms with E-state index in [1.165, 1.54) is 4.90 Å². The van der Waals surface area contributed by atoms with Crippen LogP contribution in [0, 0.1) is 0 Å². The molecule has 124 valence electrons. The van der Waals surface area contributed by atoms with Crippen LogP contribution in [0.2, 0.25) is 0 Å². The summed E-state index contributed by atoms with van der Waals surface area (Å²) in [7, 11) is 1.66. The minimum atomic E-state index is -0.733. The molecule has 1 aliphatic carbocycles. The van der Waals surface area contributed by atoms with Gasteiger partial charge in [-0.05, 0) is 26.7 Å². The van der Waals surface area contributed by atoms with Crippen LogP contribution < -0.4 is 11.1 Å². The van der Waals surface area contributed by atoms with E-state index in [9.17, 15) is 14.4 Å². The monoisotopic (exact) mass is 310 g/mol. The van der Waals surface area contributed by atoms with Crippen molar-refractivity contribution in [3.63, 3.8) is 0 Å². The highest BCUT2D eigenvalue weighted by Gasteiger charge is 2.55. The maximum atomic E-state index is 12.7. The van der Waals surface area contributed by atoms with Crippen LogP contribution in [0.1, 0.15) is 46.0 Å². The largest absolute Gasteiger partial charge is 0.353 e. The predicted octanol–water partition coefficient (Wildman–Crippen LogP) is 0.437. The summed E-state index contributed by atoms with van der Waals surface area (Å²) in [6, 6.07) is -0.381. The van der Waals surface area contributed by atoms with Gasteiger partial charge in [0.1, 0.15) is 12.1 Å². The molecule has 7 heteroatoms. The van der Waals surface area contributed by atoms with E-state index in [1.807, 2.05) is 0 Å². The Labute approximate surface area is 131 Å². The van der Waals surface area contributed by atoms with Crippen LogP contribution in [0.15, 0.2) is 0 Å². The molecule has 7 nitrogen and oxygen atoms in total. The lowest BCUT2D eigenvalue weighted by Gasteiger charge is -2.35. The molecule has 1 heterocycles. The zero-order valence-electron chi connectivity index (χ0n) is 13.6. The van der Waals surface area contributed by atoms with Gasteiger partial charge in [-0.1, -0.05) is 19.3 Å². The van der Waals surface area contributed by atoms with E-state index in [0.717, 1.165) is 24.2 Å². The number of nitrogens with two attached hydrogens (primary N) is 1. The SMILES string of the molecule is CN1C(=O)N(CC(=O)NCC(C)(C)N)C(=O)C12CCCCC2. The molecule has 0 aromatic carbocycles. The molecular formula is C15H26N4O3. The standard InChI is InChI=1S/C15H26N4O3/c1-14(2,16)10-17-11(20)9-19-12(21)15(18(3)13(19)22)7-5-4-6-8-15/h4-10,16H2,1-3H3,(H,17,20). The normalized spacial score (nSPS) is 21.6. The van der Waals surface area contributed by atoms with Crippen molar-refractivity contribution in [3.05, 3.63) is 0 Å². The quantitative estimate of drug-likeness (QED) is 0.736. The Bertz CT molecular complexity index is 478. The summed E-state index contributed by atoms with van der Waals surface area (Å²) in [6.45, 7) is 3.65. The number of nitrogens with one attached hydrogen (secondary N) is 1. The number of hydrogen-bond acceptors (Lipinski definition) is 4. The Morgan fingerprint density at radius 3 is 2.41 bits per heavy atom. The molecule has 1 saturated carbocycles. The Morgan fingerprint density at radius 2 is 1.86 bits per heavy atom. The second-order valence-electron chi connectivity index (χ2n) is 7.09. The summed E-state index contributed by atoms with van der Waals surface area (Å²) in [4.78, 5) is 39.6. The molecule has 1 spiro atoms. The van der Waals surface area contributed by atoms with Crippen molar-refractivity contribution in [3.8, 4) is 0 Å². The first kappa shape index (κ1) is 16.7. The molecule has 0 bridgehead atoms. The zero-order chi connectivity index (χ0) is 16.5. The third-order valence-corrected chi connectivity index (χ3v) is 4.53. The van der Waals surface area contributed by atoms with Gasteiger partial charge in [0.15, 0.2) is 0 Å². The van der Waals surface area contributed by atoms with Crippen molar-refractivity contribution in [2.75, 3.05) is 20.1 Å². The highest BCUT2D eigenvalue weighted by molar-refractivity contribution is 6.08. The van der Waals surface area contributed by atoms with Crippen molar-refractivity contribution < 1.29 is 14.4 Å². The summed E-state index contributed by atoms with van der Waals surface area (Å²) < 4.78 is 0. The second kappa shape index (κ2) is 5.87. The van der Waals surface area contributed by atoms with Crippen molar-refractivity contribution in [2.24, 2.45) is 5.73 Å². The Morgan fingerprint density at radius 1 is 1.27 bits per heavy atom. The number of amides is 4. The maximum Gasteiger partial charge on any atom is 0.327 e. The minimum absolute atomic E-state index is 0.234. The highest BCUT2D eigenvalue weighted by Crippen LogP contribution is 2.39. The first-order valence-corrected chi connectivity index (χ1v) is 7.83. The lowest BCUT2D eigenvalue weighted by atomic mass is 9.81. The third-order valence-electron chi connectivity index (χ3n) is 4.53. The fourth-order valence-corrected chi connectivity index (χ4v) is 3.20. The molecule has 0 aromatic rings. The van der Waals surface area contributed by atoms with E-state index < -0.39 is 11.1 Å². The number of carbonyl (C=O) groups excluding carboxylic acids is 3. The van der Waals surface area contributed by atoms with Crippen LogP contribution in [0.5, 0.6) is 0 Å². The topological polar surface area (TPSA) is 95.7 Å². The molecule has 0 radical (unpaired) electrons. The van der Waals surface area contributed by atoms with Crippen LogP contribution in [0.3, 0.4) is 0 Å². The number of likely N-dealkylation sites (N-methyl/N-ethyl adjacent to an activating group) is 1. The lowest BCUT2D eigenvalue weighted by Crippen LogP contribution is -2.50. The smallest absolute Gasteiger partial charge is 0.327 e. The first-order valence-electron chi connectivity index (χ1n) is 7.83. The summed E-state index contributed by atoms with van der Waals surface area (Å²) in [5.74, 6) is -0.594. The first-order chi connectivity index (χ1) is 10.2. The van der Waals surface area contributed by atoms with Gasteiger partial charge >= 0.3 is 6.03 Å². The molecule has 2 aliphatic rings. The Hall–Kier alpha value is -1.63. The van der Waals surface area contributed by atoms with E-state index >= 15 is 0 Å². The average molecular weight is 310 g/mol. The van der Waals surface area contributed by atoms with Gasteiger partial charge in [-0.25, -0.2) is 4.79 Å². The molecule has 3 N–H and O–H groups in total. The third kappa shape index (κ3) is 3.09. The zero-order valence-corrected chi connectivity index (χ0v) is 13.6. The lowest BCUT2D eigenvalue weighted by molar-refractivity contribution is -0.137. The second-order valence-corrected chi connectivity index (χ2v) is 7.09. The number of carbonyl (C=O) groups is 3. The molecular weight excluding hydrogens is 284 g/mol.